The summed E-state index contributed by atoms with van der Waals surface area (Å²) >= 11 is 0. The van der Waals surface area contributed by atoms with Gasteiger partial charge in [-0.2, -0.15) is 0 Å². The molecule has 0 aromatic heterocycles. The number of likely N-dealkylation sites (N-methyl/N-ethyl adjacent to an activating group) is 1. The Morgan fingerprint density at radius 3 is 2.64 bits per heavy atom. The summed E-state index contributed by atoms with van der Waals surface area (Å²) in [4.78, 5) is 13.1. The van der Waals surface area contributed by atoms with Crippen LogP contribution < -0.4 is 9.62 Å². The number of anilines is 2. The first-order valence-electron chi connectivity index (χ1n) is 6.55. The maximum Gasteiger partial charge on any atom is 0.261 e. The van der Waals surface area contributed by atoms with Crippen LogP contribution in [0.15, 0.2) is 47.4 Å². The lowest BCUT2D eigenvalue weighted by molar-refractivity contribution is -0.117. The van der Waals surface area contributed by atoms with Crippen molar-refractivity contribution in [1.29, 1.82) is 0 Å². The quantitative estimate of drug-likeness (QED) is 0.942. The Kier molecular flexibility index (Phi) is 3.37. The Labute approximate surface area is 127 Å². The Morgan fingerprint density at radius 2 is 1.91 bits per heavy atom. The van der Waals surface area contributed by atoms with Gasteiger partial charge in [-0.05, 0) is 35.9 Å². The van der Waals surface area contributed by atoms with Gasteiger partial charge in [0.1, 0.15) is 5.82 Å². The number of hydrogen-bond donors (Lipinski definition) is 1. The van der Waals surface area contributed by atoms with E-state index in [9.17, 15) is 17.6 Å². The van der Waals surface area contributed by atoms with Gasteiger partial charge in [0, 0.05) is 12.7 Å². The van der Waals surface area contributed by atoms with Gasteiger partial charge in [-0.1, -0.05) is 12.1 Å². The number of sulfonamides is 1. The third-order valence-corrected chi connectivity index (χ3v) is 4.92. The van der Waals surface area contributed by atoms with Crippen LogP contribution >= 0.6 is 0 Å². The molecule has 2 aromatic rings. The van der Waals surface area contributed by atoms with Crippen molar-refractivity contribution in [2.24, 2.45) is 0 Å². The molecule has 0 unspecified atom stereocenters. The number of para-hydroxylation sites is 1. The van der Waals surface area contributed by atoms with Crippen LogP contribution in [0.4, 0.5) is 15.8 Å². The molecule has 0 spiro atoms. The molecule has 3 rings (SSSR count). The van der Waals surface area contributed by atoms with Gasteiger partial charge in [-0.3, -0.25) is 9.52 Å². The topological polar surface area (TPSA) is 66.5 Å². The highest BCUT2D eigenvalue weighted by Gasteiger charge is 2.26. The van der Waals surface area contributed by atoms with Crippen molar-refractivity contribution in [1.82, 2.24) is 0 Å². The Bertz CT molecular complexity index is 865. The molecule has 0 atom stereocenters. The highest BCUT2D eigenvalue weighted by Crippen LogP contribution is 2.30. The van der Waals surface area contributed by atoms with E-state index in [0.717, 1.165) is 0 Å². The van der Waals surface area contributed by atoms with Gasteiger partial charge in [-0.15, -0.1) is 0 Å². The maximum atomic E-state index is 13.6. The summed E-state index contributed by atoms with van der Waals surface area (Å²) in [5.74, 6) is -0.742. The zero-order valence-corrected chi connectivity index (χ0v) is 12.5. The SMILES string of the molecule is CN1C(=O)Cc2cc(S(=O)(=O)Nc3ccccc3F)ccc21. The van der Waals surface area contributed by atoms with E-state index in [2.05, 4.69) is 4.72 Å². The van der Waals surface area contributed by atoms with E-state index in [1.807, 2.05) is 0 Å². The molecular weight excluding hydrogens is 307 g/mol. The number of benzene rings is 2. The molecule has 0 saturated carbocycles. The largest absolute Gasteiger partial charge is 0.315 e. The molecule has 1 aliphatic heterocycles. The van der Waals surface area contributed by atoms with Crippen LogP contribution in [0, 0.1) is 5.82 Å². The molecule has 1 amide bonds. The Balaban J connectivity index is 1.96. The van der Waals surface area contributed by atoms with Crippen molar-refractivity contribution in [3.8, 4) is 0 Å². The van der Waals surface area contributed by atoms with E-state index >= 15 is 0 Å². The number of rotatable bonds is 3. The molecule has 1 N–H and O–H groups in total. The molecule has 0 aliphatic carbocycles. The number of nitrogens with zero attached hydrogens (tertiary/aromatic N) is 1. The van der Waals surface area contributed by atoms with Gasteiger partial charge in [0.2, 0.25) is 5.91 Å². The number of carbonyl (C=O) groups excluding carboxylic acids is 1. The predicted molar refractivity (Wildman–Crippen MR) is 80.8 cm³/mol. The van der Waals surface area contributed by atoms with Gasteiger partial charge in [0.05, 0.1) is 17.0 Å². The molecule has 0 saturated heterocycles. The van der Waals surface area contributed by atoms with Crippen molar-refractivity contribution >= 4 is 27.3 Å². The number of fused-ring (bicyclic) bond motifs is 1. The van der Waals surface area contributed by atoms with Crippen LogP contribution in [0.5, 0.6) is 0 Å². The van der Waals surface area contributed by atoms with E-state index in [1.54, 1.807) is 13.1 Å². The zero-order valence-electron chi connectivity index (χ0n) is 11.7. The summed E-state index contributed by atoms with van der Waals surface area (Å²) < 4.78 is 40.5. The van der Waals surface area contributed by atoms with Gasteiger partial charge >= 0.3 is 0 Å². The fourth-order valence-corrected chi connectivity index (χ4v) is 3.48. The number of nitrogens with one attached hydrogen (secondary N) is 1. The van der Waals surface area contributed by atoms with Crippen molar-refractivity contribution in [2.45, 2.75) is 11.3 Å². The third-order valence-electron chi connectivity index (χ3n) is 3.56. The third kappa shape index (κ3) is 2.43. The first-order valence-corrected chi connectivity index (χ1v) is 8.03. The van der Waals surface area contributed by atoms with Crippen LogP contribution in [0.1, 0.15) is 5.56 Å². The number of halogens is 1. The molecule has 5 nitrogen and oxygen atoms in total. The van der Waals surface area contributed by atoms with E-state index in [0.29, 0.717) is 11.3 Å². The molecule has 1 heterocycles. The number of hydrogen-bond acceptors (Lipinski definition) is 3. The molecular formula is C15H13FN2O3S. The van der Waals surface area contributed by atoms with Gasteiger partial charge in [0.15, 0.2) is 0 Å². The van der Waals surface area contributed by atoms with E-state index in [4.69, 9.17) is 0 Å². The average molecular weight is 320 g/mol. The number of carbonyl (C=O) groups is 1. The molecule has 114 valence electrons. The summed E-state index contributed by atoms with van der Waals surface area (Å²) in [5.41, 5.74) is 1.22. The highest BCUT2D eigenvalue weighted by atomic mass is 32.2. The molecule has 0 fully saturated rings. The maximum absolute atomic E-state index is 13.6. The standard InChI is InChI=1S/C15H13FN2O3S/c1-18-14-7-6-11(8-10(14)9-15(18)19)22(20,21)17-13-5-3-2-4-12(13)16/h2-8,17H,9H2,1H3. The lowest BCUT2D eigenvalue weighted by Crippen LogP contribution is -2.20. The monoisotopic (exact) mass is 320 g/mol. The lowest BCUT2D eigenvalue weighted by Gasteiger charge is -2.12. The first-order chi connectivity index (χ1) is 10.4. The minimum atomic E-state index is -3.91. The highest BCUT2D eigenvalue weighted by molar-refractivity contribution is 7.92. The molecule has 2 aromatic carbocycles. The van der Waals surface area contributed by atoms with Gasteiger partial charge < -0.3 is 4.90 Å². The second-order valence-corrected chi connectivity index (χ2v) is 6.69. The fraction of sp³-hybridized carbons (Fsp3) is 0.133. The molecule has 0 bridgehead atoms. The lowest BCUT2D eigenvalue weighted by atomic mass is 10.2. The summed E-state index contributed by atoms with van der Waals surface area (Å²) in [5, 5.41) is 0. The van der Waals surface area contributed by atoms with E-state index in [1.165, 1.54) is 41.3 Å². The van der Waals surface area contributed by atoms with Gasteiger partial charge in [-0.25, -0.2) is 12.8 Å². The summed E-state index contributed by atoms with van der Waals surface area (Å²) in [6, 6.07) is 9.96. The van der Waals surface area contributed by atoms with Crippen LogP contribution in [-0.4, -0.2) is 21.4 Å². The fourth-order valence-electron chi connectivity index (χ4n) is 2.36. The molecule has 0 radical (unpaired) electrons. The first kappa shape index (κ1) is 14.5. The van der Waals surface area contributed by atoms with E-state index < -0.39 is 15.8 Å². The normalized spacial score (nSPS) is 14.1. The van der Waals surface area contributed by atoms with Crippen molar-refractivity contribution in [2.75, 3.05) is 16.7 Å². The Morgan fingerprint density at radius 1 is 1.18 bits per heavy atom. The smallest absolute Gasteiger partial charge is 0.261 e. The minimum absolute atomic E-state index is 0.00222. The average Bonchev–Trinajstić information content (AvgIpc) is 2.76. The van der Waals surface area contributed by atoms with Crippen LogP contribution in [-0.2, 0) is 21.2 Å². The summed E-state index contributed by atoms with van der Waals surface area (Å²) in [6.07, 6.45) is 0.162. The summed E-state index contributed by atoms with van der Waals surface area (Å²) in [6.45, 7) is 0. The predicted octanol–water partition coefficient (Wildman–Crippen LogP) is 2.15. The van der Waals surface area contributed by atoms with Crippen LogP contribution in [0.3, 0.4) is 0 Å². The van der Waals surface area contributed by atoms with Crippen molar-refractivity contribution in [3.63, 3.8) is 0 Å². The van der Waals surface area contributed by atoms with Crippen molar-refractivity contribution in [3.05, 3.63) is 53.8 Å². The van der Waals surface area contributed by atoms with Gasteiger partial charge in [0.25, 0.3) is 10.0 Å². The Hall–Kier alpha value is -2.41. The second-order valence-electron chi connectivity index (χ2n) is 5.01. The zero-order chi connectivity index (χ0) is 15.9. The second kappa shape index (κ2) is 5.10. The summed E-state index contributed by atoms with van der Waals surface area (Å²) in [7, 11) is -2.27. The molecule has 22 heavy (non-hydrogen) atoms. The minimum Gasteiger partial charge on any atom is -0.315 e. The molecule has 7 heteroatoms. The number of amides is 1. The molecule has 1 aliphatic rings. The van der Waals surface area contributed by atoms with Crippen LogP contribution in [0.25, 0.3) is 0 Å². The van der Waals surface area contributed by atoms with Crippen molar-refractivity contribution < 1.29 is 17.6 Å². The van der Waals surface area contributed by atoms with E-state index in [-0.39, 0.29) is 22.9 Å². The van der Waals surface area contributed by atoms with Crippen LogP contribution in [0.2, 0.25) is 0 Å².